The van der Waals surface area contributed by atoms with Gasteiger partial charge in [0.25, 0.3) is 5.91 Å². The minimum Gasteiger partial charge on any atom is -0.345 e. The highest BCUT2D eigenvalue weighted by molar-refractivity contribution is 7.90. The van der Waals surface area contributed by atoms with Crippen LogP contribution >= 0.6 is 0 Å². The minimum atomic E-state index is -3.56. The van der Waals surface area contributed by atoms with E-state index in [9.17, 15) is 22.0 Å². The lowest BCUT2D eigenvalue weighted by atomic mass is 10.1. The standard InChI is InChI=1S/C16H15F2NO3S/c1-10(11-7-8-13(17)14(18)9-11)19-16(20)12-5-3-4-6-15(12)23(2,21)22/h3-10H,1-2H3,(H,19,20)/t10-/m1/s1. The molecule has 0 unspecified atom stereocenters. The third kappa shape index (κ3) is 3.92. The normalized spacial score (nSPS) is 12.7. The Morgan fingerprint density at radius 1 is 1.09 bits per heavy atom. The number of carbonyl (C=O) groups excluding carboxylic acids is 1. The van der Waals surface area contributed by atoms with E-state index >= 15 is 0 Å². The molecule has 0 aliphatic carbocycles. The van der Waals surface area contributed by atoms with Crippen molar-refractivity contribution in [1.29, 1.82) is 0 Å². The molecule has 0 aromatic heterocycles. The molecule has 0 bridgehead atoms. The second-order valence-electron chi connectivity index (χ2n) is 5.14. The molecule has 0 aliphatic heterocycles. The van der Waals surface area contributed by atoms with E-state index in [-0.39, 0.29) is 10.5 Å². The largest absolute Gasteiger partial charge is 0.345 e. The Kier molecular flexibility index (Phi) is 4.79. The predicted molar refractivity (Wildman–Crippen MR) is 81.8 cm³/mol. The Labute approximate surface area is 133 Å². The predicted octanol–water partition coefficient (Wildman–Crippen LogP) is 2.86. The first-order valence-electron chi connectivity index (χ1n) is 6.75. The van der Waals surface area contributed by atoms with Crippen molar-refractivity contribution in [1.82, 2.24) is 5.32 Å². The van der Waals surface area contributed by atoms with Gasteiger partial charge < -0.3 is 5.32 Å². The number of nitrogens with one attached hydrogen (secondary N) is 1. The van der Waals surface area contributed by atoms with E-state index in [0.29, 0.717) is 5.56 Å². The number of hydrogen-bond acceptors (Lipinski definition) is 3. The van der Waals surface area contributed by atoms with Crippen LogP contribution in [0, 0.1) is 11.6 Å². The molecule has 7 heteroatoms. The van der Waals surface area contributed by atoms with E-state index in [1.165, 1.54) is 24.3 Å². The van der Waals surface area contributed by atoms with Gasteiger partial charge in [-0.2, -0.15) is 0 Å². The molecular weight excluding hydrogens is 324 g/mol. The third-order valence-corrected chi connectivity index (χ3v) is 4.48. The summed E-state index contributed by atoms with van der Waals surface area (Å²) in [4.78, 5) is 12.2. The molecule has 1 N–H and O–H groups in total. The molecule has 0 fully saturated rings. The van der Waals surface area contributed by atoms with Gasteiger partial charge in [-0.1, -0.05) is 18.2 Å². The molecular formula is C16H15F2NO3S. The smallest absolute Gasteiger partial charge is 0.253 e. The summed E-state index contributed by atoms with van der Waals surface area (Å²) in [5.74, 6) is -2.60. The lowest BCUT2D eigenvalue weighted by Crippen LogP contribution is -2.28. The Hall–Kier alpha value is -2.28. The van der Waals surface area contributed by atoms with Crippen molar-refractivity contribution in [2.75, 3.05) is 6.26 Å². The molecule has 0 saturated carbocycles. The second kappa shape index (κ2) is 6.45. The van der Waals surface area contributed by atoms with Crippen molar-refractivity contribution in [3.63, 3.8) is 0 Å². The van der Waals surface area contributed by atoms with Crippen LogP contribution in [0.4, 0.5) is 8.78 Å². The molecule has 122 valence electrons. The maximum absolute atomic E-state index is 13.3. The van der Waals surface area contributed by atoms with Crippen LogP contribution in [0.15, 0.2) is 47.4 Å². The first kappa shape index (κ1) is 17.1. The number of benzene rings is 2. The summed E-state index contributed by atoms with van der Waals surface area (Å²) in [6, 6.07) is 8.49. The summed E-state index contributed by atoms with van der Waals surface area (Å²) in [5.41, 5.74) is 0.374. The molecule has 0 heterocycles. The highest BCUT2D eigenvalue weighted by Crippen LogP contribution is 2.19. The van der Waals surface area contributed by atoms with E-state index in [2.05, 4.69) is 5.32 Å². The number of sulfone groups is 1. The van der Waals surface area contributed by atoms with Crippen LogP contribution in [0.3, 0.4) is 0 Å². The van der Waals surface area contributed by atoms with Crippen LogP contribution in [0.2, 0.25) is 0 Å². The van der Waals surface area contributed by atoms with Crippen LogP contribution in [0.1, 0.15) is 28.9 Å². The van der Waals surface area contributed by atoms with Crippen molar-refractivity contribution < 1.29 is 22.0 Å². The Bertz CT molecular complexity index is 850. The van der Waals surface area contributed by atoms with Gasteiger partial charge in [-0.15, -0.1) is 0 Å². The maximum Gasteiger partial charge on any atom is 0.253 e. The molecule has 4 nitrogen and oxygen atoms in total. The zero-order valence-electron chi connectivity index (χ0n) is 12.5. The van der Waals surface area contributed by atoms with Crippen LogP contribution in [0.25, 0.3) is 0 Å². The van der Waals surface area contributed by atoms with Gasteiger partial charge in [-0.3, -0.25) is 4.79 Å². The zero-order chi connectivity index (χ0) is 17.2. The molecule has 1 amide bonds. The highest BCUT2D eigenvalue weighted by Gasteiger charge is 2.20. The second-order valence-corrected chi connectivity index (χ2v) is 7.12. The van der Waals surface area contributed by atoms with E-state index in [1.54, 1.807) is 13.0 Å². The number of rotatable bonds is 4. The van der Waals surface area contributed by atoms with Crippen LogP contribution in [-0.2, 0) is 9.84 Å². The van der Waals surface area contributed by atoms with Crippen LogP contribution in [0.5, 0.6) is 0 Å². The van der Waals surface area contributed by atoms with Crippen molar-refractivity contribution in [2.24, 2.45) is 0 Å². The Balaban J connectivity index is 2.27. The SMILES string of the molecule is C[C@@H](NC(=O)c1ccccc1S(C)(=O)=O)c1ccc(F)c(F)c1. The average molecular weight is 339 g/mol. The molecule has 0 saturated heterocycles. The summed E-state index contributed by atoms with van der Waals surface area (Å²) in [5, 5.41) is 2.58. The third-order valence-electron chi connectivity index (χ3n) is 3.32. The maximum atomic E-state index is 13.3. The Morgan fingerprint density at radius 3 is 2.35 bits per heavy atom. The van der Waals surface area contributed by atoms with Crippen LogP contribution in [-0.4, -0.2) is 20.6 Å². The molecule has 2 aromatic carbocycles. The molecule has 0 spiro atoms. The monoisotopic (exact) mass is 339 g/mol. The summed E-state index contributed by atoms with van der Waals surface area (Å²) in [6.07, 6.45) is 1.01. The van der Waals surface area contributed by atoms with E-state index in [1.807, 2.05) is 0 Å². The highest BCUT2D eigenvalue weighted by atomic mass is 32.2. The quantitative estimate of drug-likeness (QED) is 0.932. The summed E-state index contributed by atoms with van der Waals surface area (Å²) in [6.45, 7) is 1.59. The van der Waals surface area contributed by atoms with Gasteiger partial charge in [0.1, 0.15) is 0 Å². The average Bonchev–Trinajstić information content (AvgIpc) is 2.49. The molecule has 2 aromatic rings. The van der Waals surface area contributed by atoms with Crippen molar-refractivity contribution in [3.05, 3.63) is 65.2 Å². The lowest BCUT2D eigenvalue weighted by Gasteiger charge is -2.16. The molecule has 23 heavy (non-hydrogen) atoms. The van der Waals surface area contributed by atoms with Crippen molar-refractivity contribution >= 4 is 15.7 Å². The van der Waals surface area contributed by atoms with Gasteiger partial charge >= 0.3 is 0 Å². The first-order valence-corrected chi connectivity index (χ1v) is 8.64. The zero-order valence-corrected chi connectivity index (χ0v) is 13.3. The fraction of sp³-hybridized carbons (Fsp3) is 0.188. The van der Waals surface area contributed by atoms with Gasteiger partial charge in [-0.05, 0) is 36.8 Å². The lowest BCUT2D eigenvalue weighted by molar-refractivity contribution is 0.0936. The molecule has 0 aliphatic rings. The van der Waals surface area contributed by atoms with Crippen LogP contribution < -0.4 is 5.32 Å². The van der Waals surface area contributed by atoms with E-state index in [0.717, 1.165) is 18.4 Å². The number of halogens is 2. The first-order chi connectivity index (χ1) is 10.7. The fourth-order valence-electron chi connectivity index (χ4n) is 2.12. The summed E-state index contributed by atoms with van der Waals surface area (Å²) >= 11 is 0. The number of hydrogen-bond donors (Lipinski definition) is 1. The summed E-state index contributed by atoms with van der Waals surface area (Å²) < 4.78 is 49.6. The van der Waals surface area contributed by atoms with Gasteiger partial charge in [0.2, 0.25) is 0 Å². The Morgan fingerprint density at radius 2 is 1.74 bits per heavy atom. The van der Waals surface area contributed by atoms with Gasteiger partial charge in [0, 0.05) is 6.26 Å². The number of amides is 1. The topological polar surface area (TPSA) is 63.2 Å². The number of carbonyl (C=O) groups is 1. The van der Waals surface area contributed by atoms with Crippen molar-refractivity contribution in [2.45, 2.75) is 17.9 Å². The van der Waals surface area contributed by atoms with Gasteiger partial charge in [0.05, 0.1) is 16.5 Å². The molecule has 2 rings (SSSR count). The fourth-order valence-corrected chi connectivity index (χ4v) is 3.00. The molecule has 1 atom stereocenters. The summed E-state index contributed by atoms with van der Waals surface area (Å²) in [7, 11) is -3.56. The van der Waals surface area contributed by atoms with Crippen molar-refractivity contribution in [3.8, 4) is 0 Å². The molecule has 0 radical (unpaired) electrons. The van der Waals surface area contributed by atoms with E-state index in [4.69, 9.17) is 0 Å². The minimum absolute atomic E-state index is 0.00411. The van der Waals surface area contributed by atoms with Gasteiger partial charge in [0.15, 0.2) is 21.5 Å². The van der Waals surface area contributed by atoms with Gasteiger partial charge in [-0.25, -0.2) is 17.2 Å². The van der Waals surface area contributed by atoms with E-state index < -0.39 is 33.4 Å².